The van der Waals surface area contributed by atoms with E-state index in [1.165, 1.54) is 25.1 Å². The number of carboxylic acids is 1. The van der Waals surface area contributed by atoms with Gasteiger partial charge in [-0.15, -0.1) is 0 Å². The van der Waals surface area contributed by atoms with Crippen molar-refractivity contribution in [2.45, 2.75) is 23.5 Å². The van der Waals surface area contributed by atoms with Crippen LogP contribution in [0, 0.1) is 6.92 Å². The second-order valence-electron chi connectivity index (χ2n) is 4.26. The quantitative estimate of drug-likeness (QED) is 0.894. The van der Waals surface area contributed by atoms with Crippen LogP contribution in [0.1, 0.15) is 22.3 Å². The van der Waals surface area contributed by atoms with Gasteiger partial charge in [-0.1, -0.05) is 6.07 Å². The number of carboxylic acid groups (broad SMARTS) is 1. The first-order chi connectivity index (χ1) is 8.44. The molecule has 1 aromatic carbocycles. The lowest BCUT2D eigenvalue weighted by Crippen LogP contribution is -2.23. The molecular weight excluding hydrogens is 256 g/mol. The third-order valence-electron chi connectivity index (χ3n) is 3.15. The average molecular weight is 270 g/mol. The largest absolute Gasteiger partial charge is 0.478 e. The lowest BCUT2D eigenvalue weighted by atomic mass is 10.1. The number of hydrogen-bond acceptors (Lipinski definition) is 4. The minimum atomic E-state index is -3.51. The van der Waals surface area contributed by atoms with Crippen molar-refractivity contribution in [2.24, 2.45) is 0 Å². The second kappa shape index (κ2) is 4.70. The fourth-order valence-corrected chi connectivity index (χ4v) is 3.94. The zero-order valence-corrected chi connectivity index (χ0v) is 10.7. The topological polar surface area (TPSA) is 80.7 Å². The summed E-state index contributed by atoms with van der Waals surface area (Å²) in [6.45, 7) is 2.13. The number of carbonyl (C=O) groups is 1. The van der Waals surface area contributed by atoms with Crippen molar-refractivity contribution >= 4 is 15.8 Å². The van der Waals surface area contributed by atoms with E-state index in [0.717, 1.165) is 0 Å². The number of ether oxygens (including phenoxy) is 1. The lowest BCUT2D eigenvalue weighted by Gasteiger charge is -2.13. The fourth-order valence-electron chi connectivity index (χ4n) is 2.09. The molecular formula is C12H14O5S. The Morgan fingerprint density at radius 3 is 2.72 bits per heavy atom. The maximum absolute atomic E-state index is 12.4. The summed E-state index contributed by atoms with van der Waals surface area (Å²) in [5.41, 5.74) is 0.312. The van der Waals surface area contributed by atoms with Crippen LogP contribution >= 0.6 is 0 Å². The molecule has 5 nitrogen and oxygen atoms in total. The van der Waals surface area contributed by atoms with Gasteiger partial charge in [-0.3, -0.25) is 0 Å². The maximum atomic E-state index is 12.4. The number of hydrogen-bond donors (Lipinski definition) is 1. The molecule has 1 aliphatic rings. The summed E-state index contributed by atoms with van der Waals surface area (Å²) in [6.07, 6.45) is 0.457. The van der Waals surface area contributed by atoms with Crippen molar-refractivity contribution < 1.29 is 23.1 Å². The third-order valence-corrected chi connectivity index (χ3v) is 5.45. The Kier molecular flexibility index (Phi) is 3.41. The van der Waals surface area contributed by atoms with Crippen LogP contribution in [0.5, 0.6) is 0 Å². The molecule has 1 saturated heterocycles. The summed E-state index contributed by atoms with van der Waals surface area (Å²) in [4.78, 5) is 11.1. The number of benzene rings is 1. The van der Waals surface area contributed by atoms with Gasteiger partial charge in [0.05, 0.1) is 22.3 Å². The smallest absolute Gasteiger partial charge is 0.335 e. The molecule has 0 spiro atoms. The highest BCUT2D eigenvalue weighted by Crippen LogP contribution is 2.26. The third kappa shape index (κ3) is 2.13. The molecule has 2 rings (SSSR count). The Balaban J connectivity index is 2.51. The number of rotatable bonds is 3. The van der Waals surface area contributed by atoms with Crippen molar-refractivity contribution in [3.63, 3.8) is 0 Å². The summed E-state index contributed by atoms with van der Waals surface area (Å²) >= 11 is 0. The normalized spacial score (nSPS) is 19.9. The first-order valence-electron chi connectivity index (χ1n) is 5.59. The summed E-state index contributed by atoms with van der Waals surface area (Å²) in [6, 6.07) is 4.32. The van der Waals surface area contributed by atoms with Gasteiger partial charge in [0.25, 0.3) is 0 Å². The van der Waals surface area contributed by atoms with Gasteiger partial charge in [-0.25, -0.2) is 13.2 Å². The molecule has 0 radical (unpaired) electrons. The molecule has 0 saturated carbocycles. The molecule has 18 heavy (non-hydrogen) atoms. The van der Waals surface area contributed by atoms with Crippen LogP contribution in [0.2, 0.25) is 0 Å². The van der Waals surface area contributed by atoms with Crippen LogP contribution < -0.4 is 0 Å². The van der Waals surface area contributed by atoms with Crippen molar-refractivity contribution in [3.05, 3.63) is 29.3 Å². The van der Waals surface area contributed by atoms with Gasteiger partial charge in [0.15, 0.2) is 9.84 Å². The first kappa shape index (κ1) is 13.0. The Morgan fingerprint density at radius 2 is 2.17 bits per heavy atom. The highest BCUT2D eigenvalue weighted by atomic mass is 32.2. The van der Waals surface area contributed by atoms with Crippen LogP contribution in [0.4, 0.5) is 0 Å². The minimum absolute atomic E-state index is 0.0231. The first-order valence-corrected chi connectivity index (χ1v) is 7.14. The molecule has 1 N–H and O–H groups in total. The summed E-state index contributed by atoms with van der Waals surface area (Å²) in [7, 11) is -3.51. The summed E-state index contributed by atoms with van der Waals surface area (Å²) < 4.78 is 29.8. The maximum Gasteiger partial charge on any atom is 0.335 e. The van der Waals surface area contributed by atoms with Gasteiger partial charge >= 0.3 is 5.97 Å². The standard InChI is InChI=1S/C12H14O5S/c1-8-10(12(13)14)3-2-4-11(8)18(15,16)9-5-6-17-7-9/h2-4,9H,5-7H2,1H3,(H,13,14). The number of aromatic carboxylic acids is 1. The van der Waals surface area contributed by atoms with E-state index in [9.17, 15) is 13.2 Å². The number of sulfone groups is 1. The monoisotopic (exact) mass is 270 g/mol. The predicted molar refractivity (Wildman–Crippen MR) is 64.5 cm³/mol. The minimum Gasteiger partial charge on any atom is -0.478 e. The Morgan fingerprint density at radius 1 is 1.44 bits per heavy atom. The molecule has 98 valence electrons. The molecule has 1 fully saturated rings. The van der Waals surface area contributed by atoms with Gasteiger partial charge in [-0.2, -0.15) is 0 Å². The zero-order valence-electron chi connectivity index (χ0n) is 9.92. The van der Waals surface area contributed by atoms with Crippen molar-refractivity contribution in [2.75, 3.05) is 13.2 Å². The van der Waals surface area contributed by atoms with Gasteiger partial charge in [0.1, 0.15) is 0 Å². The van der Waals surface area contributed by atoms with E-state index in [4.69, 9.17) is 9.84 Å². The molecule has 0 aromatic heterocycles. The van der Waals surface area contributed by atoms with E-state index in [1.54, 1.807) is 0 Å². The highest BCUT2D eigenvalue weighted by Gasteiger charge is 2.32. The Bertz CT molecular complexity index is 570. The summed E-state index contributed by atoms with van der Waals surface area (Å²) in [5, 5.41) is 8.43. The molecule has 1 unspecified atom stereocenters. The van der Waals surface area contributed by atoms with Gasteiger partial charge in [0, 0.05) is 6.61 Å². The molecule has 6 heteroatoms. The molecule has 1 aromatic rings. The average Bonchev–Trinajstić information content (AvgIpc) is 2.82. The molecule has 0 amide bonds. The molecule has 1 aliphatic heterocycles. The fraction of sp³-hybridized carbons (Fsp3) is 0.417. The summed E-state index contributed by atoms with van der Waals surface area (Å²) in [5.74, 6) is -1.12. The van der Waals surface area contributed by atoms with E-state index < -0.39 is 21.1 Å². The molecule has 0 aliphatic carbocycles. The van der Waals surface area contributed by atoms with Gasteiger partial charge in [0.2, 0.25) is 0 Å². The van der Waals surface area contributed by atoms with E-state index in [0.29, 0.717) is 13.0 Å². The van der Waals surface area contributed by atoms with Gasteiger partial charge in [-0.05, 0) is 31.0 Å². The van der Waals surface area contributed by atoms with Gasteiger partial charge < -0.3 is 9.84 Å². The molecule has 1 atom stereocenters. The van der Waals surface area contributed by atoms with Crippen LogP contribution in [0.15, 0.2) is 23.1 Å². The van der Waals surface area contributed by atoms with E-state index in [2.05, 4.69) is 0 Å². The lowest BCUT2D eigenvalue weighted by molar-refractivity contribution is 0.0696. The SMILES string of the molecule is Cc1c(C(=O)O)cccc1S(=O)(=O)C1CCOC1. The van der Waals surface area contributed by atoms with E-state index >= 15 is 0 Å². The molecule has 0 bridgehead atoms. The zero-order chi connectivity index (χ0) is 13.3. The van der Waals surface area contributed by atoms with Crippen molar-refractivity contribution in [1.29, 1.82) is 0 Å². The second-order valence-corrected chi connectivity index (χ2v) is 6.46. The van der Waals surface area contributed by atoms with Crippen LogP contribution in [0.25, 0.3) is 0 Å². The van der Waals surface area contributed by atoms with Crippen molar-refractivity contribution in [1.82, 2.24) is 0 Å². The predicted octanol–water partition coefficient (Wildman–Crippen LogP) is 1.26. The molecule has 1 heterocycles. The van der Waals surface area contributed by atoms with E-state index in [-0.39, 0.29) is 22.6 Å². The van der Waals surface area contributed by atoms with Crippen LogP contribution in [-0.2, 0) is 14.6 Å². The highest BCUT2D eigenvalue weighted by molar-refractivity contribution is 7.92. The van der Waals surface area contributed by atoms with Crippen LogP contribution in [0.3, 0.4) is 0 Å². The van der Waals surface area contributed by atoms with Crippen molar-refractivity contribution in [3.8, 4) is 0 Å². The Hall–Kier alpha value is -1.40. The van der Waals surface area contributed by atoms with Crippen LogP contribution in [-0.4, -0.2) is 38.0 Å². The van der Waals surface area contributed by atoms with E-state index in [1.807, 2.05) is 0 Å². The Labute approximate surface area is 105 Å².